The first-order chi connectivity index (χ1) is 15.4. The summed E-state index contributed by atoms with van der Waals surface area (Å²) in [4.78, 5) is 0. The minimum Gasteiger partial charge on any atom is -0.344 e. The summed E-state index contributed by atoms with van der Waals surface area (Å²) in [6.07, 6.45) is 0. The summed E-state index contributed by atoms with van der Waals surface area (Å²) in [6.45, 7) is 0. The number of hydrogen-bond donors (Lipinski definition) is 0. The normalized spacial score (nSPS) is 30.0. The fraction of sp³-hybridized carbons (Fsp3) is 0.647. The Hall–Kier alpha value is -1.98. The molecule has 2 nitrogen and oxygen atoms in total. The first-order valence-electron chi connectivity index (χ1n) is 8.75. The van der Waals surface area contributed by atoms with Gasteiger partial charge in [0.05, 0.1) is 0 Å². The number of methoxy groups -OCH3 is 2. The second kappa shape index (κ2) is 5.94. The molecule has 1 aromatic carbocycles. The summed E-state index contributed by atoms with van der Waals surface area (Å²) in [5, 5.41) is 0. The van der Waals surface area contributed by atoms with Gasteiger partial charge in [0.25, 0.3) is 5.79 Å². The van der Waals surface area contributed by atoms with Gasteiger partial charge in [-0.1, -0.05) is 0 Å². The number of hydrogen-bond acceptors (Lipinski definition) is 2. The summed E-state index contributed by atoms with van der Waals surface area (Å²) in [5.41, 5.74) is -21.0. The molecule has 0 spiro atoms. The minimum atomic E-state index is -6.99. The number of rotatable bonds is 2. The third-order valence-electron chi connectivity index (χ3n) is 6.36. The molecule has 0 bridgehead atoms. The SMILES string of the molecule is COC1(OC)c2c3c(c4c(c2C(F)(F)C1(F)F)C(F)(F)C(F)(F)C4(F)F)C(F)(F)C(F)(F)C3(F)F. The molecular formula is C17H6F16O2. The van der Waals surface area contributed by atoms with Crippen LogP contribution in [0.15, 0.2) is 0 Å². The molecule has 0 aromatic heterocycles. The minimum absolute atomic E-state index is 0.0626. The predicted octanol–water partition coefficient (Wildman–Crippen LogP) is 6.54. The molecule has 0 radical (unpaired) electrons. The van der Waals surface area contributed by atoms with Gasteiger partial charge in [-0.15, -0.1) is 0 Å². The van der Waals surface area contributed by atoms with E-state index < -0.39 is 86.5 Å². The molecule has 0 atom stereocenters. The monoisotopic (exact) mass is 546 g/mol. The van der Waals surface area contributed by atoms with Gasteiger partial charge in [-0.05, 0) is 0 Å². The highest BCUT2D eigenvalue weighted by atomic mass is 19.4. The molecule has 4 rings (SSSR count). The van der Waals surface area contributed by atoms with Crippen molar-refractivity contribution < 1.29 is 79.7 Å². The van der Waals surface area contributed by atoms with E-state index in [0.29, 0.717) is 0 Å². The average Bonchev–Trinajstić information content (AvgIpc) is 2.96. The summed E-state index contributed by atoms with van der Waals surface area (Å²) >= 11 is 0. The Morgan fingerprint density at radius 3 is 0.771 bits per heavy atom. The molecule has 0 unspecified atom stereocenters. The van der Waals surface area contributed by atoms with Crippen LogP contribution in [0.1, 0.15) is 33.4 Å². The van der Waals surface area contributed by atoms with Gasteiger partial charge in [-0.2, -0.15) is 70.2 Å². The van der Waals surface area contributed by atoms with E-state index in [4.69, 9.17) is 0 Å². The molecule has 0 aliphatic heterocycles. The molecule has 0 saturated carbocycles. The van der Waals surface area contributed by atoms with Crippen LogP contribution < -0.4 is 0 Å². The maximum Gasteiger partial charge on any atom is 0.380 e. The first-order valence-corrected chi connectivity index (χ1v) is 8.75. The van der Waals surface area contributed by atoms with Crippen LogP contribution in [0.25, 0.3) is 0 Å². The summed E-state index contributed by atoms with van der Waals surface area (Å²) in [5.74, 6) is -58.4. The van der Waals surface area contributed by atoms with E-state index in [-0.39, 0.29) is 14.2 Å². The number of benzene rings is 1. The van der Waals surface area contributed by atoms with E-state index in [1.54, 1.807) is 0 Å². The van der Waals surface area contributed by atoms with Gasteiger partial charge in [0.1, 0.15) is 0 Å². The quantitative estimate of drug-likeness (QED) is 0.310. The maximum atomic E-state index is 14.8. The molecule has 3 aliphatic carbocycles. The van der Waals surface area contributed by atoms with Crippen molar-refractivity contribution in [1.29, 1.82) is 0 Å². The van der Waals surface area contributed by atoms with E-state index in [1.165, 1.54) is 0 Å². The van der Waals surface area contributed by atoms with Crippen molar-refractivity contribution in [3.63, 3.8) is 0 Å². The van der Waals surface area contributed by atoms with Gasteiger partial charge in [0, 0.05) is 47.6 Å². The molecule has 0 N–H and O–H groups in total. The van der Waals surface area contributed by atoms with Crippen LogP contribution in [-0.2, 0) is 44.9 Å². The number of alkyl halides is 16. The molecule has 35 heavy (non-hydrogen) atoms. The zero-order valence-electron chi connectivity index (χ0n) is 16.4. The van der Waals surface area contributed by atoms with E-state index in [2.05, 4.69) is 9.47 Å². The van der Waals surface area contributed by atoms with E-state index in [0.717, 1.165) is 0 Å². The van der Waals surface area contributed by atoms with Crippen LogP contribution in [-0.4, -0.2) is 32.0 Å². The lowest BCUT2D eigenvalue weighted by Crippen LogP contribution is -2.52. The van der Waals surface area contributed by atoms with Crippen molar-refractivity contribution in [2.24, 2.45) is 0 Å². The van der Waals surface area contributed by atoms with E-state index in [1.807, 2.05) is 0 Å². The van der Waals surface area contributed by atoms with Gasteiger partial charge >= 0.3 is 47.4 Å². The van der Waals surface area contributed by atoms with Gasteiger partial charge in [0.15, 0.2) is 0 Å². The van der Waals surface area contributed by atoms with Crippen LogP contribution >= 0.6 is 0 Å². The van der Waals surface area contributed by atoms with Gasteiger partial charge in [-0.25, -0.2) is 0 Å². The van der Waals surface area contributed by atoms with Crippen LogP contribution in [0.4, 0.5) is 70.2 Å². The fourth-order valence-electron chi connectivity index (χ4n) is 4.74. The number of ether oxygens (including phenoxy) is 2. The molecule has 1 aromatic rings. The summed E-state index contributed by atoms with van der Waals surface area (Å²) in [6, 6.07) is 0. The Bertz CT molecular complexity index is 1120. The van der Waals surface area contributed by atoms with Crippen LogP contribution in [0.5, 0.6) is 0 Å². The smallest absolute Gasteiger partial charge is 0.344 e. The van der Waals surface area contributed by atoms with Crippen molar-refractivity contribution in [3.8, 4) is 0 Å². The molecule has 18 heteroatoms. The largest absolute Gasteiger partial charge is 0.380 e. The zero-order valence-corrected chi connectivity index (χ0v) is 16.4. The molecule has 0 saturated heterocycles. The van der Waals surface area contributed by atoms with Crippen LogP contribution in [0.3, 0.4) is 0 Å². The number of halogens is 16. The fourth-order valence-corrected chi connectivity index (χ4v) is 4.74. The second-order valence-corrected chi connectivity index (χ2v) is 7.87. The lowest BCUT2D eigenvalue weighted by Gasteiger charge is -2.35. The van der Waals surface area contributed by atoms with Crippen molar-refractivity contribution >= 4 is 0 Å². The highest BCUT2D eigenvalue weighted by Crippen LogP contribution is 2.77. The van der Waals surface area contributed by atoms with Crippen LogP contribution in [0.2, 0.25) is 0 Å². The van der Waals surface area contributed by atoms with Gasteiger partial charge in [-0.3, -0.25) is 0 Å². The van der Waals surface area contributed by atoms with Crippen LogP contribution in [0, 0.1) is 0 Å². The van der Waals surface area contributed by atoms with Crippen molar-refractivity contribution in [2.45, 2.75) is 53.2 Å². The van der Waals surface area contributed by atoms with Gasteiger partial charge in [0.2, 0.25) is 0 Å². The standard InChI is InChI=1S/C17H6F16O2/c1-34-14(35-2)8-6-4(10(20,21)16(30,31)12(6,24)25)3-5(7(8)13(26,27)17(14,32)33)11(22,23)15(28,29)9(3,18)19/h1-2H3. The molecule has 3 aliphatic rings. The third-order valence-corrected chi connectivity index (χ3v) is 6.36. The lowest BCUT2D eigenvalue weighted by molar-refractivity contribution is -0.375. The Morgan fingerprint density at radius 2 is 0.543 bits per heavy atom. The predicted molar refractivity (Wildman–Crippen MR) is 76.4 cm³/mol. The van der Waals surface area contributed by atoms with Crippen molar-refractivity contribution in [3.05, 3.63) is 33.4 Å². The Balaban J connectivity index is 2.47. The Morgan fingerprint density at radius 1 is 0.343 bits per heavy atom. The Labute approximate surface area is 181 Å². The van der Waals surface area contributed by atoms with Crippen molar-refractivity contribution in [1.82, 2.24) is 0 Å². The van der Waals surface area contributed by atoms with E-state index >= 15 is 0 Å². The highest BCUT2D eigenvalue weighted by molar-refractivity contribution is 5.69. The summed E-state index contributed by atoms with van der Waals surface area (Å²) in [7, 11) is -0.125. The highest BCUT2D eigenvalue weighted by Gasteiger charge is 2.91. The average molecular weight is 546 g/mol. The van der Waals surface area contributed by atoms with Crippen molar-refractivity contribution in [2.75, 3.05) is 14.2 Å². The van der Waals surface area contributed by atoms with Gasteiger partial charge < -0.3 is 9.47 Å². The summed E-state index contributed by atoms with van der Waals surface area (Å²) < 4.78 is 240. The lowest BCUT2D eigenvalue weighted by atomic mass is 9.86. The molecule has 0 fully saturated rings. The topological polar surface area (TPSA) is 18.5 Å². The molecule has 198 valence electrons. The molecule has 0 heterocycles. The third kappa shape index (κ3) is 2.07. The first kappa shape index (κ1) is 26.1. The van der Waals surface area contributed by atoms with E-state index in [9.17, 15) is 70.2 Å². The maximum absolute atomic E-state index is 14.8. The zero-order chi connectivity index (χ0) is 27.4. The Kier molecular flexibility index (Phi) is 4.43. The molecular weight excluding hydrogens is 540 g/mol. The molecule has 0 amide bonds. The number of fused-ring (bicyclic) bond motifs is 6. The second-order valence-electron chi connectivity index (χ2n) is 7.87.